The van der Waals surface area contributed by atoms with E-state index >= 15 is 0 Å². The molecule has 0 spiro atoms. The number of rotatable bonds is 6. The van der Waals surface area contributed by atoms with E-state index in [1.54, 1.807) is 0 Å². The van der Waals surface area contributed by atoms with Gasteiger partial charge in [0.05, 0.1) is 12.1 Å². The molecular weight excluding hydrogens is 477 g/mol. The molecule has 1 N–H and O–H groups in total. The van der Waals surface area contributed by atoms with Crippen molar-refractivity contribution in [2.24, 2.45) is 0 Å². The van der Waals surface area contributed by atoms with Crippen molar-refractivity contribution < 1.29 is 18.3 Å². The monoisotopic (exact) mass is 506 g/mol. The average Bonchev–Trinajstić information content (AvgIpc) is 2.94. The van der Waals surface area contributed by atoms with E-state index in [4.69, 9.17) is 0 Å². The van der Waals surface area contributed by atoms with Crippen molar-refractivity contribution in [1.29, 1.82) is 0 Å². The minimum atomic E-state index is -4.40. The topological polar surface area (TPSA) is 42.8 Å². The third kappa shape index (κ3) is 5.87. The molecule has 2 aliphatic heterocycles. The van der Waals surface area contributed by atoms with Crippen LogP contribution >= 0.6 is 0 Å². The number of halogens is 3. The summed E-state index contributed by atoms with van der Waals surface area (Å²) < 4.78 is 39.3. The first kappa shape index (κ1) is 25.0. The van der Waals surface area contributed by atoms with Gasteiger partial charge in [-0.3, -0.25) is 4.90 Å². The predicted octanol–water partition coefficient (Wildman–Crippen LogP) is 4.98. The van der Waals surface area contributed by atoms with Crippen LogP contribution in [0.15, 0.2) is 91.1 Å². The zero-order chi connectivity index (χ0) is 25.8. The minimum absolute atomic E-state index is 0.313. The molecule has 5 nitrogen and oxygen atoms in total. The van der Waals surface area contributed by atoms with Crippen LogP contribution in [-0.2, 0) is 6.18 Å². The van der Waals surface area contributed by atoms with Crippen molar-refractivity contribution in [3.63, 3.8) is 0 Å². The molecule has 0 radical (unpaired) electrons. The summed E-state index contributed by atoms with van der Waals surface area (Å²) in [6.45, 7) is 3.12. The number of benzene rings is 2. The Morgan fingerprint density at radius 1 is 0.865 bits per heavy atom. The molecule has 0 aliphatic carbocycles. The summed E-state index contributed by atoms with van der Waals surface area (Å²) in [7, 11) is 0. The third-order valence-electron chi connectivity index (χ3n) is 6.86. The molecule has 0 saturated carbocycles. The van der Waals surface area contributed by atoms with Crippen molar-refractivity contribution in [2.75, 3.05) is 44.2 Å². The van der Waals surface area contributed by atoms with E-state index in [0.717, 1.165) is 34.5 Å². The van der Waals surface area contributed by atoms with Crippen molar-refractivity contribution in [3.8, 4) is 0 Å². The second-order valence-electron chi connectivity index (χ2n) is 9.23. The van der Waals surface area contributed by atoms with E-state index < -0.39 is 18.0 Å². The summed E-state index contributed by atoms with van der Waals surface area (Å²) in [5.74, 6) is 0.313. The quantitative estimate of drug-likeness (QED) is 0.511. The number of hydrogen-bond donors (Lipinski definition) is 1. The highest BCUT2D eigenvalue weighted by Crippen LogP contribution is 2.32. The highest BCUT2D eigenvalue weighted by molar-refractivity contribution is 5.85. The average molecular weight is 507 g/mol. The number of anilines is 1. The first-order chi connectivity index (χ1) is 17.9. The van der Waals surface area contributed by atoms with E-state index in [1.165, 1.54) is 6.20 Å². The first-order valence-corrected chi connectivity index (χ1v) is 12.4. The molecule has 1 aromatic heterocycles. The molecule has 1 unspecified atom stereocenters. The number of piperazine rings is 1. The Labute approximate surface area is 214 Å². The molecule has 0 bridgehead atoms. The molecule has 0 amide bonds. The Morgan fingerprint density at radius 3 is 2.16 bits per heavy atom. The van der Waals surface area contributed by atoms with Crippen LogP contribution in [0.3, 0.4) is 0 Å². The summed E-state index contributed by atoms with van der Waals surface area (Å²) in [4.78, 5) is 10.1. The van der Waals surface area contributed by atoms with Gasteiger partial charge in [0.2, 0.25) is 0 Å². The van der Waals surface area contributed by atoms with Gasteiger partial charge in [-0.1, -0.05) is 66.7 Å². The van der Waals surface area contributed by atoms with Crippen LogP contribution in [0, 0.1) is 0 Å². The number of alkyl halides is 3. The van der Waals surface area contributed by atoms with Gasteiger partial charge in [0.1, 0.15) is 12.0 Å². The predicted molar refractivity (Wildman–Crippen MR) is 139 cm³/mol. The van der Waals surface area contributed by atoms with Gasteiger partial charge in [0, 0.05) is 44.6 Å². The fraction of sp³-hybridized carbons (Fsp3) is 0.276. The summed E-state index contributed by atoms with van der Waals surface area (Å²) in [5.41, 5.74) is 3.72. The third-order valence-corrected chi connectivity index (χ3v) is 6.86. The lowest BCUT2D eigenvalue weighted by Crippen LogP contribution is -2.53. The zero-order valence-corrected chi connectivity index (χ0v) is 20.4. The maximum absolute atomic E-state index is 13.1. The van der Waals surface area contributed by atoms with E-state index in [9.17, 15) is 18.3 Å². The number of hydrogen-bond acceptors (Lipinski definition) is 5. The lowest BCUT2D eigenvalue weighted by atomic mass is 9.98. The van der Waals surface area contributed by atoms with Crippen LogP contribution < -0.4 is 4.90 Å². The lowest BCUT2D eigenvalue weighted by Gasteiger charge is -2.40. The van der Waals surface area contributed by atoms with Crippen LogP contribution in [0.25, 0.3) is 11.3 Å². The number of pyridine rings is 1. The second kappa shape index (κ2) is 10.8. The fourth-order valence-electron chi connectivity index (χ4n) is 4.81. The zero-order valence-electron chi connectivity index (χ0n) is 20.4. The van der Waals surface area contributed by atoms with Crippen molar-refractivity contribution >= 4 is 17.1 Å². The van der Waals surface area contributed by atoms with E-state index in [2.05, 4.69) is 46.3 Å². The summed E-state index contributed by atoms with van der Waals surface area (Å²) in [6, 6.07) is 22.4. The standard InChI is InChI=1S/C29H29F3N4O/c30-29(31,32)25-11-13-33-27(20-25)34-15-17-35(18-16-34)28(37)21-36-14-12-24(22-7-3-1-4-8-22)19-26(36)23-9-5-2-6-10-23/h1-13,19-20,28,37H,14-18,21H2. The van der Waals surface area contributed by atoms with Crippen LogP contribution in [0.1, 0.15) is 16.7 Å². The number of nitrogens with zero attached hydrogens (tertiary/aromatic N) is 4. The molecular formula is C29H29F3N4O. The molecule has 2 aliphatic rings. The maximum Gasteiger partial charge on any atom is 0.416 e. The highest BCUT2D eigenvalue weighted by atomic mass is 19.4. The Hall–Kier alpha value is -3.62. The second-order valence-corrected chi connectivity index (χ2v) is 9.23. The minimum Gasteiger partial charge on any atom is -0.376 e. The van der Waals surface area contributed by atoms with Gasteiger partial charge in [0.15, 0.2) is 0 Å². The summed E-state index contributed by atoms with van der Waals surface area (Å²) in [5, 5.41) is 11.1. The van der Waals surface area contributed by atoms with Gasteiger partial charge >= 0.3 is 6.18 Å². The summed E-state index contributed by atoms with van der Waals surface area (Å²) in [6.07, 6.45) is 0.424. The van der Waals surface area contributed by atoms with Gasteiger partial charge in [-0.05, 0) is 34.9 Å². The van der Waals surface area contributed by atoms with Gasteiger partial charge < -0.3 is 14.9 Å². The molecule has 192 valence electrons. The number of aromatic nitrogens is 1. The van der Waals surface area contributed by atoms with E-state index in [0.29, 0.717) is 45.1 Å². The van der Waals surface area contributed by atoms with Crippen molar-refractivity contribution in [2.45, 2.75) is 12.4 Å². The molecule has 1 fully saturated rings. The van der Waals surface area contributed by atoms with E-state index in [1.807, 2.05) is 46.2 Å². The highest BCUT2D eigenvalue weighted by Gasteiger charge is 2.32. The Kier molecular flexibility index (Phi) is 7.30. The number of allylic oxidation sites excluding steroid dienone is 2. The largest absolute Gasteiger partial charge is 0.416 e. The van der Waals surface area contributed by atoms with Crippen LogP contribution in [0.5, 0.6) is 0 Å². The lowest BCUT2D eigenvalue weighted by molar-refractivity contribution is -0.137. The number of aliphatic hydroxyl groups is 1. The van der Waals surface area contributed by atoms with Gasteiger partial charge in [-0.25, -0.2) is 4.98 Å². The molecule has 3 heterocycles. The van der Waals surface area contributed by atoms with Crippen LogP contribution in [0.2, 0.25) is 0 Å². The first-order valence-electron chi connectivity index (χ1n) is 12.4. The van der Waals surface area contributed by atoms with Crippen molar-refractivity contribution in [1.82, 2.24) is 14.8 Å². The van der Waals surface area contributed by atoms with Crippen molar-refractivity contribution in [3.05, 3.63) is 108 Å². The normalized spacial score (nSPS) is 17.8. The number of β-amino-alcohol motifs (C(OH)–C–C–N with tert-alkyl or cyclic N) is 1. The molecule has 1 atom stereocenters. The Morgan fingerprint density at radius 2 is 1.51 bits per heavy atom. The number of aliphatic hydroxyl groups excluding tert-OH is 1. The van der Waals surface area contributed by atoms with Crippen LogP contribution in [-0.4, -0.2) is 65.4 Å². The SMILES string of the molecule is OC(CN1CC=C(c2ccccc2)C=C1c1ccccc1)N1CCN(c2cc(C(F)(F)F)ccn2)CC1. The maximum atomic E-state index is 13.1. The molecule has 8 heteroatoms. The Balaban J connectivity index is 1.26. The Bertz CT molecular complexity index is 1250. The smallest absolute Gasteiger partial charge is 0.376 e. The molecule has 37 heavy (non-hydrogen) atoms. The van der Waals surface area contributed by atoms with Crippen LogP contribution in [0.4, 0.5) is 19.0 Å². The van der Waals surface area contributed by atoms with E-state index in [-0.39, 0.29) is 0 Å². The molecule has 3 aromatic rings. The fourth-order valence-corrected chi connectivity index (χ4v) is 4.81. The molecule has 1 saturated heterocycles. The van der Waals surface area contributed by atoms with Gasteiger partial charge in [-0.15, -0.1) is 0 Å². The van der Waals surface area contributed by atoms with Gasteiger partial charge in [0.25, 0.3) is 0 Å². The van der Waals surface area contributed by atoms with Gasteiger partial charge in [-0.2, -0.15) is 13.2 Å². The summed E-state index contributed by atoms with van der Waals surface area (Å²) >= 11 is 0. The molecule has 5 rings (SSSR count). The molecule has 2 aromatic carbocycles.